The first-order chi connectivity index (χ1) is 14.8. The van der Waals surface area contributed by atoms with Crippen LogP contribution in [0.25, 0.3) is 0 Å². The summed E-state index contributed by atoms with van der Waals surface area (Å²) in [5.74, 6) is -0.309. The van der Waals surface area contributed by atoms with Crippen molar-refractivity contribution in [2.75, 3.05) is 25.9 Å². The molecule has 4 rings (SSSR count). The number of aliphatic imine (C=N–C) groups is 1. The van der Waals surface area contributed by atoms with Crippen molar-refractivity contribution in [3.05, 3.63) is 0 Å². The Morgan fingerprint density at radius 3 is 2.59 bits per heavy atom. The maximum Gasteiger partial charge on any atom is 0.407 e. The highest BCUT2D eigenvalue weighted by atomic mass is 32.2. The molecule has 8 nitrogen and oxygen atoms in total. The zero-order valence-corrected chi connectivity index (χ0v) is 19.2. The molecule has 0 saturated carbocycles. The maximum absolute atomic E-state index is 13.3. The van der Waals surface area contributed by atoms with Crippen LogP contribution in [0.15, 0.2) is 10.1 Å². The number of halogens is 3. The molecule has 0 bridgehead atoms. The third kappa shape index (κ3) is 4.52. The van der Waals surface area contributed by atoms with Gasteiger partial charge >= 0.3 is 6.18 Å². The van der Waals surface area contributed by atoms with Gasteiger partial charge in [-0.25, -0.2) is 8.42 Å². The predicted molar refractivity (Wildman–Crippen MR) is 114 cm³/mol. The van der Waals surface area contributed by atoms with E-state index in [2.05, 4.69) is 15.4 Å². The van der Waals surface area contributed by atoms with E-state index >= 15 is 0 Å². The highest BCUT2D eigenvalue weighted by Crippen LogP contribution is 2.40. The normalized spacial score (nSPS) is 40.2. The summed E-state index contributed by atoms with van der Waals surface area (Å²) in [7, 11) is -3.19. The highest BCUT2D eigenvalue weighted by molar-refractivity contribution is 7.91. The number of sulfone groups is 1. The quantitative estimate of drug-likeness (QED) is 0.650. The predicted octanol–water partition coefficient (Wildman–Crippen LogP) is 0.936. The summed E-state index contributed by atoms with van der Waals surface area (Å²) < 4.78 is 62.2. The lowest BCUT2D eigenvalue weighted by molar-refractivity contribution is -0.146. The molecular formula is C20H30F3N5O3S. The summed E-state index contributed by atoms with van der Waals surface area (Å²) >= 11 is 0. The van der Waals surface area contributed by atoms with E-state index in [-0.39, 0.29) is 54.9 Å². The van der Waals surface area contributed by atoms with Gasteiger partial charge < -0.3 is 10.2 Å². The van der Waals surface area contributed by atoms with E-state index in [1.165, 1.54) is 12.5 Å². The molecule has 180 valence electrons. The molecular weight excluding hydrogens is 447 g/mol. The molecule has 8 atom stereocenters. The molecule has 2 saturated heterocycles. The molecule has 2 fully saturated rings. The number of rotatable bonds is 4. The summed E-state index contributed by atoms with van der Waals surface area (Å²) in [6.07, 6.45) is 1.37. The first-order valence-electron chi connectivity index (χ1n) is 11.0. The van der Waals surface area contributed by atoms with Crippen LogP contribution in [0.4, 0.5) is 13.2 Å². The Balaban J connectivity index is 1.46. The minimum absolute atomic E-state index is 0.00581. The van der Waals surface area contributed by atoms with Crippen LogP contribution in [0.1, 0.15) is 26.7 Å². The summed E-state index contributed by atoms with van der Waals surface area (Å²) in [4.78, 5) is 19.3. The Morgan fingerprint density at radius 2 is 1.94 bits per heavy atom. The summed E-state index contributed by atoms with van der Waals surface area (Å²) in [6.45, 7) is 3.11. The van der Waals surface area contributed by atoms with Crippen LogP contribution in [-0.4, -0.2) is 98.1 Å². The van der Waals surface area contributed by atoms with Gasteiger partial charge in [-0.15, -0.1) is 0 Å². The molecule has 12 heteroatoms. The van der Waals surface area contributed by atoms with Gasteiger partial charge in [-0.3, -0.25) is 14.8 Å². The fourth-order valence-corrected chi connectivity index (χ4v) is 6.68. The van der Waals surface area contributed by atoms with Crippen LogP contribution < -0.4 is 5.32 Å². The topological polar surface area (TPSA) is 94.4 Å². The number of hydrogen-bond donors (Lipinski definition) is 1. The van der Waals surface area contributed by atoms with Gasteiger partial charge in [0.1, 0.15) is 6.54 Å². The molecule has 0 aliphatic carbocycles. The van der Waals surface area contributed by atoms with Gasteiger partial charge in [-0.2, -0.15) is 18.3 Å². The number of amides is 1. The Morgan fingerprint density at radius 1 is 1.22 bits per heavy atom. The molecule has 0 aromatic heterocycles. The second-order valence-corrected chi connectivity index (χ2v) is 12.0. The number of nitrogens with one attached hydrogen (secondary N) is 1. The minimum atomic E-state index is -4.35. The maximum atomic E-state index is 13.3. The molecule has 1 N–H and O–H groups in total. The zero-order chi connectivity index (χ0) is 23.4. The van der Waals surface area contributed by atoms with E-state index in [1.54, 1.807) is 4.90 Å². The molecule has 7 unspecified atom stereocenters. The molecule has 0 aromatic carbocycles. The number of hydrogen-bond acceptors (Lipinski definition) is 7. The van der Waals surface area contributed by atoms with E-state index in [9.17, 15) is 26.4 Å². The van der Waals surface area contributed by atoms with Crippen LogP contribution in [0.5, 0.6) is 0 Å². The van der Waals surface area contributed by atoms with Gasteiger partial charge in [0.25, 0.3) is 0 Å². The molecule has 32 heavy (non-hydrogen) atoms. The lowest BCUT2D eigenvalue weighted by atomic mass is 9.75. The molecule has 4 aliphatic rings. The lowest BCUT2D eigenvalue weighted by Crippen LogP contribution is -2.57. The monoisotopic (exact) mass is 477 g/mol. The Labute approximate surface area is 186 Å². The Kier molecular flexibility index (Phi) is 6.06. The largest absolute Gasteiger partial charge is 0.407 e. The first-order valence-corrected chi connectivity index (χ1v) is 12.9. The minimum Gasteiger partial charge on any atom is -0.328 e. The molecule has 4 aliphatic heterocycles. The van der Waals surface area contributed by atoms with E-state index in [0.717, 1.165) is 5.01 Å². The van der Waals surface area contributed by atoms with Crippen LogP contribution in [0.2, 0.25) is 0 Å². The van der Waals surface area contributed by atoms with Gasteiger partial charge in [0.15, 0.2) is 9.84 Å². The van der Waals surface area contributed by atoms with Gasteiger partial charge in [-0.1, -0.05) is 6.92 Å². The smallest absolute Gasteiger partial charge is 0.328 e. The van der Waals surface area contributed by atoms with Crippen molar-refractivity contribution < 1.29 is 26.4 Å². The molecule has 0 radical (unpaired) electrons. The van der Waals surface area contributed by atoms with E-state index in [0.29, 0.717) is 12.8 Å². The number of carbonyl (C=O) groups is 1. The summed E-state index contributed by atoms with van der Waals surface area (Å²) in [6, 6.07) is -0.878. The van der Waals surface area contributed by atoms with Crippen LogP contribution >= 0.6 is 0 Å². The van der Waals surface area contributed by atoms with Crippen molar-refractivity contribution in [1.29, 1.82) is 0 Å². The standard InChI is InChI=1S/C20H30F3N5O3S/c1-11-4-16(13-5-15(8-24-6-13)32(3,30)31)26-18-12(2)28(19(29)17(11)18)14-7-25-27(9-14)10-20(21,22)23/h6-7,11-18,26H,4-5,8-10H2,1-3H3/t11?,12-,13?,14?,15?,16?,17?,18?/m1/s1. The molecule has 1 amide bonds. The summed E-state index contributed by atoms with van der Waals surface area (Å²) in [5, 5.41) is 7.91. The van der Waals surface area contributed by atoms with E-state index in [1.807, 2.05) is 20.1 Å². The zero-order valence-electron chi connectivity index (χ0n) is 18.4. The average molecular weight is 478 g/mol. The Bertz CT molecular complexity index is 909. The summed E-state index contributed by atoms with van der Waals surface area (Å²) in [5.41, 5.74) is 0. The van der Waals surface area contributed by atoms with Crippen molar-refractivity contribution in [2.24, 2.45) is 27.8 Å². The number of piperidine rings is 1. The fraction of sp³-hybridized carbons (Fsp3) is 0.850. The fourth-order valence-electron chi connectivity index (χ4n) is 5.75. The average Bonchev–Trinajstić information content (AvgIpc) is 3.22. The molecule has 0 aromatic rings. The lowest BCUT2D eigenvalue weighted by Gasteiger charge is -2.41. The first kappa shape index (κ1) is 23.5. The van der Waals surface area contributed by atoms with Gasteiger partial charge in [0.05, 0.1) is 30.3 Å². The van der Waals surface area contributed by atoms with Crippen LogP contribution in [0, 0.1) is 17.8 Å². The highest BCUT2D eigenvalue weighted by Gasteiger charge is 2.54. The van der Waals surface area contributed by atoms with E-state index < -0.39 is 33.9 Å². The third-order valence-electron chi connectivity index (χ3n) is 7.31. The Hall–Kier alpha value is -1.69. The number of nitrogens with zero attached hydrogens (tertiary/aromatic N) is 4. The van der Waals surface area contributed by atoms with Crippen molar-refractivity contribution in [3.8, 4) is 0 Å². The number of carbonyl (C=O) groups excluding carboxylic acids is 1. The van der Waals surface area contributed by atoms with Crippen molar-refractivity contribution in [2.45, 2.75) is 62.3 Å². The molecule has 0 spiro atoms. The van der Waals surface area contributed by atoms with Crippen LogP contribution in [-0.2, 0) is 14.6 Å². The van der Waals surface area contributed by atoms with E-state index in [4.69, 9.17) is 0 Å². The second kappa shape index (κ2) is 8.27. The van der Waals surface area contributed by atoms with Gasteiger partial charge in [0.2, 0.25) is 5.91 Å². The van der Waals surface area contributed by atoms with Crippen LogP contribution in [0.3, 0.4) is 0 Å². The molecule has 4 heterocycles. The van der Waals surface area contributed by atoms with Crippen molar-refractivity contribution in [1.82, 2.24) is 15.2 Å². The van der Waals surface area contributed by atoms with Gasteiger partial charge in [0, 0.05) is 42.7 Å². The number of fused-ring (bicyclic) bond motifs is 1. The SMILES string of the molecule is CC1CC(C2C=NCC(S(C)(=O)=O)C2)NC2C1C(=O)N(C1C=NN(CC(F)(F)F)C1)[C@@H]2C. The van der Waals surface area contributed by atoms with Crippen molar-refractivity contribution in [3.63, 3.8) is 0 Å². The second-order valence-electron chi connectivity index (χ2n) is 9.68. The number of hydrazone groups is 1. The third-order valence-corrected chi connectivity index (χ3v) is 8.87. The number of alkyl halides is 3. The van der Waals surface area contributed by atoms with Gasteiger partial charge in [-0.05, 0) is 25.7 Å². The van der Waals surface area contributed by atoms with Crippen molar-refractivity contribution >= 4 is 28.2 Å². The number of likely N-dealkylation sites (tertiary alicyclic amines) is 1.